The zero-order valence-corrected chi connectivity index (χ0v) is 15.4. The number of likely N-dealkylation sites (N-methyl/N-ethyl adjacent to an activating group) is 1. The molecular weight excluding hydrogens is 316 g/mol. The summed E-state index contributed by atoms with van der Waals surface area (Å²) in [6.45, 7) is 3.98. The summed E-state index contributed by atoms with van der Waals surface area (Å²) >= 11 is 0. The molecule has 1 aliphatic carbocycles. The van der Waals surface area contributed by atoms with E-state index in [1.54, 1.807) is 7.11 Å². The number of fused-ring (bicyclic) bond motifs is 2. The summed E-state index contributed by atoms with van der Waals surface area (Å²) < 4.78 is 5.60. The Kier molecular flexibility index (Phi) is 4.21. The molecule has 1 aliphatic heterocycles. The molecule has 1 saturated heterocycles. The van der Waals surface area contributed by atoms with Crippen molar-refractivity contribution in [3.8, 4) is 0 Å². The van der Waals surface area contributed by atoms with Crippen LogP contribution in [0.25, 0.3) is 11.0 Å². The van der Waals surface area contributed by atoms with Gasteiger partial charge in [0.15, 0.2) is 5.65 Å². The molecule has 1 fully saturated rings. The maximum Gasteiger partial charge on any atom is 0.227 e. The van der Waals surface area contributed by atoms with Crippen molar-refractivity contribution in [1.29, 1.82) is 0 Å². The lowest BCUT2D eigenvalue weighted by atomic mass is 10.1. The SMILES string of the molecule is CNc1nc(N[C@H]2CN(C)C[C@@H]2OC)nc2nc3c(c(C)c12)CCC3. The zero-order valence-electron chi connectivity index (χ0n) is 15.4. The number of rotatable bonds is 4. The fourth-order valence-electron chi connectivity index (χ4n) is 4.16. The van der Waals surface area contributed by atoms with Gasteiger partial charge in [-0.25, -0.2) is 4.98 Å². The summed E-state index contributed by atoms with van der Waals surface area (Å²) in [5.41, 5.74) is 4.63. The quantitative estimate of drug-likeness (QED) is 0.874. The first-order chi connectivity index (χ1) is 12.1. The average Bonchev–Trinajstić information content (AvgIpc) is 3.20. The Morgan fingerprint density at radius 2 is 2.00 bits per heavy atom. The van der Waals surface area contributed by atoms with E-state index >= 15 is 0 Å². The molecule has 0 unspecified atom stereocenters. The van der Waals surface area contributed by atoms with Crippen molar-refractivity contribution in [3.63, 3.8) is 0 Å². The van der Waals surface area contributed by atoms with E-state index < -0.39 is 0 Å². The van der Waals surface area contributed by atoms with Crippen LogP contribution in [0, 0.1) is 6.92 Å². The van der Waals surface area contributed by atoms with Gasteiger partial charge >= 0.3 is 0 Å². The number of methoxy groups -OCH3 is 1. The van der Waals surface area contributed by atoms with Crippen LogP contribution < -0.4 is 10.6 Å². The summed E-state index contributed by atoms with van der Waals surface area (Å²) in [5, 5.41) is 7.73. The van der Waals surface area contributed by atoms with E-state index in [9.17, 15) is 0 Å². The van der Waals surface area contributed by atoms with E-state index in [4.69, 9.17) is 19.7 Å². The highest BCUT2D eigenvalue weighted by Gasteiger charge is 2.31. The Morgan fingerprint density at radius 1 is 1.16 bits per heavy atom. The first-order valence-electron chi connectivity index (χ1n) is 8.96. The number of aromatic nitrogens is 3. The van der Waals surface area contributed by atoms with Crippen molar-refractivity contribution in [1.82, 2.24) is 19.9 Å². The average molecular weight is 342 g/mol. The number of likely N-dealkylation sites (tertiary alicyclic amines) is 1. The van der Waals surface area contributed by atoms with Gasteiger partial charge in [0, 0.05) is 32.9 Å². The summed E-state index contributed by atoms with van der Waals surface area (Å²) in [6.07, 6.45) is 3.47. The van der Waals surface area contributed by atoms with Crippen LogP contribution in [0.15, 0.2) is 0 Å². The third-order valence-corrected chi connectivity index (χ3v) is 5.45. The van der Waals surface area contributed by atoms with Crippen LogP contribution in [0.2, 0.25) is 0 Å². The molecule has 134 valence electrons. The molecule has 2 N–H and O–H groups in total. The van der Waals surface area contributed by atoms with Gasteiger partial charge in [-0.1, -0.05) is 0 Å². The largest absolute Gasteiger partial charge is 0.378 e. The lowest BCUT2D eigenvalue weighted by Gasteiger charge is -2.19. The van der Waals surface area contributed by atoms with Crippen LogP contribution in [0.1, 0.15) is 23.2 Å². The molecule has 3 heterocycles. The van der Waals surface area contributed by atoms with E-state index in [1.807, 2.05) is 7.05 Å². The van der Waals surface area contributed by atoms with Crippen molar-refractivity contribution in [2.24, 2.45) is 0 Å². The Balaban J connectivity index is 1.75. The summed E-state index contributed by atoms with van der Waals surface area (Å²) in [6, 6.07) is 0.174. The van der Waals surface area contributed by atoms with Crippen molar-refractivity contribution < 1.29 is 4.74 Å². The highest BCUT2D eigenvalue weighted by atomic mass is 16.5. The molecule has 0 amide bonds. The van der Waals surface area contributed by atoms with Crippen molar-refractivity contribution in [3.05, 3.63) is 16.8 Å². The molecule has 2 aromatic rings. The first-order valence-corrected chi connectivity index (χ1v) is 8.96. The van der Waals surface area contributed by atoms with E-state index in [-0.39, 0.29) is 12.1 Å². The Morgan fingerprint density at radius 3 is 2.76 bits per heavy atom. The van der Waals surface area contributed by atoms with Crippen LogP contribution in [0.5, 0.6) is 0 Å². The molecule has 0 spiro atoms. The molecule has 25 heavy (non-hydrogen) atoms. The maximum absolute atomic E-state index is 5.60. The number of nitrogens with zero attached hydrogens (tertiary/aromatic N) is 4. The predicted molar refractivity (Wildman–Crippen MR) is 99.3 cm³/mol. The van der Waals surface area contributed by atoms with Gasteiger partial charge < -0.3 is 20.3 Å². The number of nitrogens with one attached hydrogen (secondary N) is 2. The van der Waals surface area contributed by atoms with Gasteiger partial charge in [-0.3, -0.25) is 0 Å². The molecule has 7 heteroatoms. The Labute approximate surface area is 148 Å². The molecule has 4 rings (SSSR count). The highest BCUT2D eigenvalue weighted by Crippen LogP contribution is 2.32. The molecule has 2 aliphatic rings. The van der Waals surface area contributed by atoms with Gasteiger partial charge in [0.2, 0.25) is 5.95 Å². The van der Waals surface area contributed by atoms with E-state index in [1.165, 1.54) is 23.2 Å². The van der Waals surface area contributed by atoms with Gasteiger partial charge in [0.1, 0.15) is 5.82 Å². The minimum Gasteiger partial charge on any atom is -0.378 e. The van der Waals surface area contributed by atoms with Gasteiger partial charge in [0.25, 0.3) is 0 Å². The number of ether oxygens (including phenoxy) is 1. The molecule has 0 radical (unpaired) electrons. The number of hydrogen-bond acceptors (Lipinski definition) is 7. The number of hydrogen-bond donors (Lipinski definition) is 2. The summed E-state index contributed by atoms with van der Waals surface area (Å²) in [5.74, 6) is 1.46. The fourth-order valence-corrected chi connectivity index (χ4v) is 4.16. The minimum absolute atomic E-state index is 0.136. The van der Waals surface area contributed by atoms with E-state index in [2.05, 4.69) is 29.5 Å². The van der Waals surface area contributed by atoms with Gasteiger partial charge in [-0.2, -0.15) is 9.97 Å². The zero-order chi connectivity index (χ0) is 17.6. The molecule has 2 aromatic heterocycles. The number of pyridine rings is 1. The maximum atomic E-state index is 5.60. The lowest BCUT2D eigenvalue weighted by Crippen LogP contribution is -2.34. The van der Waals surface area contributed by atoms with E-state index in [0.29, 0.717) is 5.95 Å². The van der Waals surface area contributed by atoms with E-state index in [0.717, 1.165) is 42.8 Å². The molecule has 0 bridgehead atoms. The highest BCUT2D eigenvalue weighted by molar-refractivity contribution is 5.91. The lowest BCUT2D eigenvalue weighted by molar-refractivity contribution is 0.104. The molecular formula is C18H26N6O. The summed E-state index contributed by atoms with van der Waals surface area (Å²) in [4.78, 5) is 16.5. The third kappa shape index (κ3) is 2.81. The van der Waals surface area contributed by atoms with Crippen LogP contribution >= 0.6 is 0 Å². The van der Waals surface area contributed by atoms with Crippen LogP contribution in [-0.4, -0.2) is 66.3 Å². The fraction of sp³-hybridized carbons (Fsp3) is 0.611. The van der Waals surface area contributed by atoms with Crippen LogP contribution in [-0.2, 0) is 17.6 Å². The molecule has 0 saturated carbocycles. The van der Waals surface area contributed by atoms with Crippen LogP contribution in [0.3, 0.4) is 0 Å². The van der Waals surface area contributed by atoms with Gasteiger partial charge in [-0.05, 0) is 44.4 Å². The van der Waals surface area contributed by atoms with Crippen molar-refractivity contribution >= 4 is 22.8 Å². The van der Waals surface area contributed by atoms with Crippen molar-refractivity contribution in [2.75, 3.05) is 44.9 Å². The Bertz CT molecular complexity index is 808. The smallest absolute Gasteiger partial charge is 0.227 e. The van der Waals surface area contributed by atoms with Gasteiger partial charge in [0.05, 0.1) is 17.5 Å². The van der Waals surface area contributed by atoms with Crippen molar-refractivity contribution in [2.45, 2.75) is 38.3 Å². The third-order valence-electron chi connectivity index (χ3n) is 5.45. The minimum atomic E-state index is 0.136. The normalized spacial score (nSPS) is 23.2. The second-order valence-electron chi connectivity index (χ2n) is 7.11. The molecule has 7 nitrogen and oxygen atoms in total. The standard InChI is InChI=1S/C18H26N6O/c1-10-11-6-5-7-12(11)20-17-15(10)16(19-2)22-18(23-17)21-13-8-24(3)9-14(13)25-4/h13-14H,5-9H2,1-4H3,(H2,19,20,21,22,23)/t13-,14-/m0/s1. The first kappa shape index (κ1) is 16.5. The van der Waals surface area contributed by atoms with Crippen LogP contribution in [0.4, 0.5) is 11.8 Å². The Hall–Kier alpha value is -1.99. The summed E-state index contributed by atoms with van der Waals surface area (Å²) in [7, 11) is 5.76. The molecule has 0 aromatic carbocycles. The predicted octanol–water partition coefficient (Wildman–Crippen LogP) is 1.60. The topological polar surface area (TPSA) is 75.2 Å². The number of aryl methyl sites for hydroxylation is 2. The van der Waals surface area contributed by atoms with Gasteiger partial charge in [-0.15, -0.1) is 0 Å². The number of anilines is 2. The monoisotopic (exact) mass is 342 g/mol. The second kappa shape index (κ2) is 6.38. The molecule has 2 atom stereocenters. The second-order valence-corrected chi connectivity index (χ2v) is 7.11.